The van der Waals surface area contributed by atoms with Crippen LogP contribution in [0.1, 0.15) is 65.8 Å². The van der Waals surface area contributed by atoms with E-state index in [1.54, 1.807) is 0 Å². The lowest BCUT2D eigenvalue weighted by molar-refractivity contribution is -0.136. The van der Waals surface area contributed by atoms with Crippen molar-refractivity contribution < 1.29 is 37.8 Å². The number of sulfone groups is 1. The van der Waals surface area contributed by atoms with Crippen LogP contribution >= 0.6 is 15.9 Å². The molecule has 0 aliphatic rings. The lowest BCUT2D eigenvalue weighted by Gasteiger charge is -2.16. The van der Waals surface area contributed by atoms with Crippen molar-refractivity contribution in [3.05, 3.63) is 51.5 Å². The molecule has 2 N–H and O–H groups in total. The lowest BCUT2D eigenvalue weighted by Crippen LogP contribution is -2.12. The van der Waals surface area contributed by atoms with Gasteiger partial charge < -0.3 is 14.9 Å². The van der Waals surface area contributed by atoms with Crippen LogP contribution in [0.2, 0.25) is 0 Å². The summed E-state index contributed by atoms with van der Waals surface area (Å²) in [6.07, 6.45) is 0.925. The Morgan fingerprint density at radius 1 is 1.09 bits per heavy atom. The Balaban J connectivity index is 2.04. The van der Waals surface area contributed by atoms with Crippen LogP contribution in [0.3, 0.4) is 0 Å². The third-order valence-electron chi connectivity index (χ3n) is 5.09. The normalized spacial score (nSPS) is 11.3. The molecule has 0 fully saturated rings. The minimum atomic E-state index is -3.63. The van der Waals surface area contributed by atoms with E-state index in [9.17, 15) is 27.9 Å². The first-order valence-corrected chi connectivity index (χ1v) is 13.2. The Kier molecular flexibility index (Phi) is 9.81. The highest BCUT2D eigenvalue weighted by molar-refractivity contribution is 9.10. The molecule has 2 aromatic rings. The van der Waals surface area contributed by atoms with Gasteiger partial charge in [0.2, 0.25) is 0 Å². The summed E-state index contributed by atoms with van der Waals surface area (Å²) in [5, 5.41) is 19.2. The second-order valence-corrected chi connectivity index (χ2v) is 10.7. The van der Waals surface area contributed by atoms with E-state index in [1.807, 2.05) is 6.92 Å². The van der Waals surface area contributed by atoms with Gasteiger partial charge in [0, 0.05) is 17.5 Å². The van der Waals surface area contributed by atoms with E-state index in [0.717, 1.165) is 0 Å². The summed E-state index contributed by atoms with van der Waals surface area (Å²) in [4.78, 5) is 34.4. The fraction of sp³-hybridized carbons (Fsp3) is 0.375. The smallest absolute Gasteiger partial charge is 0.303 e. The Morgan fingerprint density at radius 3 is 2.29 bits per heavy atom. The van der Waals surface area contributed by atoms with Crippen molar-refractivity contribution in [3.8, 4) is 11.5 Å². The van der Waals surface area contributed by atoms with Crippen molar-refractivity contribution in [1.82, 2.24) is 0 Å². The minimum Gasteiger partial charge on any atom is -0.507 e. The highest BCUT2D eigenvalue weighted by Crippen LogP contribution is 2.39. The summed E-state index contributed by atoms with van der Waals surface area (Å²) in [6.45, 7) is 3.36. The predicted octanol–water partition coefficient (Wildman–Crippen LogP) is 4.60. The monoisotopic (exact) mass is 554 g/mol. The molecule has 0 aliphatic carbocycles. The number of aliphatic carboxylic acids is 1. The van der Waals surface area contributed by atoms with E-state index in [2.05, 4.69) is 15.9 Å². The maximum atomic E-state index is 12.6. The van der Waals surface area contributed by atoms with Crippen molar-refractivity contribution >= 4 is 43.3 Å². The van der Waals surface area contributed by atoms with Crippen molar-refractivity contribution in [2.45, 2.75) is 50.8 Å². The highest BCUT2D eigenvalue weighted by atomic mass is 79.9. The number of ether oxygens (including phenoxy) is 1. The van der Waals surface area contributed by atoms with Crippen LogP contribution < -0.4 is 4.74 Å². The molecule has 184 valence electrons. The molecule has 0 spiro atoms. The lowest BCUT2D eigenvalue weighted by atomic mass is 10.0. The number of ketones is 2. The maximum Gasteiger partial charge on any atom is 0.303 e. The van der Waals surface area contributed by atoms with Gasteiger partial charge >= 0.3 is 5.97 Å². The Labute approximate surface area is 207 Å². The van der Waals surface area contributed by atoms with Crippen LogP contribution in [-0.2, 0) is 21.1 Å². The zero-order chi connectivity index (χ0) is 25.5. The van der Waals surface area contributed by atoms with Gasteiger partial charge in [0.25, 0.3) is 0 Å². The Hall–Kier alpha value is -2.72. The molecule has 0 saturated heterocycles. The summed E-state index contributed by atoms with van der Waals surface area (Å²) in [5.41, 5.74) is 0.939. The molecular formula is C24H27BrO8S. The van der Waals surface area contributed by atoms with Crippen LogP contribution in [0.15, 0.2) is 39.7 Å². The van der Waals surface area contributed by atoms with Gasteiger partial charge in [-0.15, -0.1) is 0 Å². The number of rotatable bonds is 13. The number of phenolic OH excluding ortho intramolecular Hbond substituents is 1. The number of hydrogen-bond acceptors (Lipinski definition) is 7. The van der Waals surface area contributed by atoms with Gasteiger partial charge in [-0.2, -0.15) is 0 Å². The molecule has 0 heterocycles. The van der Waals surface area contributed by atoms with Gasteiger partial charge in [0.1, 0.15) is 11.5 Å². The van der Waals surface area contributed by atoms with Crippen LogP contribution in [0, 0.1) is 0 Å². The fourth-order valence-corrected chi connectivity index (χ4v) is 5.20. The maximum absolute atomic E-state index is 12.6. The number of carbonyl (C=O) groups excluding carboxylic acids is 2. The average molecular weight is 555 g/mol. The molecule has 0 aliphatic heterocycles. The molecule has 8 nitrogen and oxygen atoms in total. The quantitative estimate of drug-likeness (QED) is 0.271. The third-order valence-corrected chi connectivity index (χ3v) is 7.49. The van der Waals surface area contributed by atoms with Gasteiger partial charge in [-0.1, -0.05) is 25.5 Å². The van der Waals surface area contributed by atoms with E-state index in [0.29, 0.717) is 28.6 Å². The van der Waals surface area contributed by atoms with Crippen molar-refractivity contribution in [1.29, 1.82) is 0 Å². The third kappa shape index (κ3) is 7.14. The first kappa shape index (κ1) is 27.5. The number of hydrogen-bond donors (Lipinski definition) is 2. The zero-order valence-corrected chi connectivity index (χ0v) is 21.4. The summed E-state index contributed by atoms with van der Waals surface area (Å²) in [5.74, 6) is -1.66. The standard InChI is InChI=1S/C24H27BrO8S/c1-3-5-18-23(30)19(15(2)26)14-20(25)24(18)33-12-4-13-34(31,32)17-8-6-16(7-9-17)21(27)10-11-22(28)29/h6-9,14,30H,3-5,10-13H2,1-2H3,(H,28,29). The first-order chi connectivity index (χ1) is 16.0. The van der Waals surface area contributed by atoms with E-state index in [4.69, 9.17) is 9.84 Å². The molecule has 2 rings (SSSR count). The van der Waals surface area contributed by atoms with Crippen molar-refractivity contribution in [3.63, 3.8) is 0 Å². The number of halogens is 1. The van der Waals surface area contributed by atoms with Crippen LogP contribution in [0.5, 0.6) is 11.5 Å². The first-order valence-electron chi connectivity index (χ1n) is 10.7. The van der Waals surface area contributed by atoms with Gasteiger partial charge in [-0.25, -0.2) is 8.42 Å². The van der Waals surface area contributed by atoms with Crippen molar-refractivity contribution in [2.24, 2.45) is 0 Å². The molecule has 0 unspecified atom stereocenters. The number of phenols is 1. The second-order valence-electron chi connectivity index (χ2n) is 7.73. The number of carbonyl (C=O) groups is 3. The Morgan fingerprint density at radius 2 is 1.74 bits per heavy atom. The summed E-state index contributed by atoms with van der Waals surface area (Å²) in [7, 11) is -3.63. The summed E-state index contributed by atoms with van der Waals surface area (Å²) >= 11 is 3.37. The second kappa shape index (κ2) is 12.1. The SMILES string of the molecule is CCCc1c(O)c(C(C)=O)cc(Br)c1OCCCS(=O)(=O)c1ccc(C(=O)CCC(=O)O)cc1. The highest BCUT2D eigenvalue weighted by Gasteiger charge is 2.20. The molecule has 0 amide bonds. The van der Waals surface area contributed by atoms with Gasteiger partial charge in [0.05, 0.1) is 33.7 Å². The molecule has 0 radical (unpaired) electrons. The molecule has 10 heteroatoms. The molecular weight excluding hydrogens is 528 g/mol. The van der Waals surface area contributed by atoms with E-state index < -0.39 is 15.8 Å². The van der Waals surface area contributed by atoms with Crippen LogP contribution in [-0.4, -0.2) is 48.5 Å². The molecule has 0 bridgehead atoms. The predicted molar refractivity (Wildman–Crippen MR) is 130 cm³/mol. The molecule has 2 aromatic carbocycles. The van der Waals surface area contributed by atoms with E-state index in [-0.39, 0.29) is 65.0 Å². The largest absolute Gasteiger partial charge is 0.507 e. The van der Waals surface area contributed by atoms with Crippen molar-refractivity contribution in [2.75, 3.05) is 12.4 Å². The number of carboxylic acids is 1. The molecule has 0 aromatic heterocycles. The van der Waals surface area contributed by atoms with Gasteiger partial charge in [-0.3, -0.25) is 14.4 Å². The van der Waals surface area contributed by atoms with Gasteiger partial charge in [-0.05, 0) is 53.9 Å². The van der Waals surface area contributed by atoms with Crippen LogP contribution in [0.4, 0.5) is 0 Å². The summed E-state index contributed by atoms with van der Waals surface area (Å²) < 4.78 is 31.6. The molecule has 0 saturated carbocycles. The molecule has 0 atom stereocenters. The Bertz CT molecular complexity index is 1170. The van der Waals surface area contributed by atoms with Gasteiger partial charge in [0.15, 0.2) is 21.4 Å². The summed E-state index contributed by atoms with van der Waals surface area (Å²) in [6, 6.07) is 6.90. The molecule has 34 heavy (non-hydrogen) atoms. The van der Waals surface area contributed by atoms with E-state index in [1.165, 1.54) is 37.3 Å². The number of aromatic hydroxyl groups is 1. The number of benzene rings is 2. The van der Waals surface area contributed by atoms with E-state index >= 15 is 0 Å². The number of carboxylic acid groups (broad SMARTS) is 1. The topological polar surface area (TPSA) is 135 Å². The van der Waals surface area contributed by atoms with Crippen LogP contribution in [0.25, 0.3) is 0 Å². The fourth-order valence-electron chi connectivity index (χ4n) is 3.34. The number of Topliss-reactive ketones (excluding diaryl/α,β-unsaturated/α-hetero) is 2. The zero-order valence-electron chi connectivity index (χ0n) is 19.0. The average Bonchev–Trinajstić information content (AvgIpc) is 2.78. The minimum absolute atomic E-state index is 0.0543.